The number of methoxy groups -OCH3 is 1. The lowest BCUT2D eigenvalue weighted by Gasteiger charge is -2.23. The third-order valence-electron chi connectivity index (χ3n) is 5.44. The molecule has 0 saturated heterocycles. The van der Waals surface area contributed by atoms with E-state index in [2.05, 4.69) is 82.2 Å². The average Bonchev–Trinajstić information content (AvgIpc) is 3.26. The van der Waals surface area contributed by atoms with Crippen LogP contribution in [0.15, 0.2) is 60.7 Å². The van der Waals surface area contributed by atoms with Gasteiger partial charge in [0.05, 0.1) is 43.2 Å². The molecule has 6 heteroatoms. The fourth-order valence-corrected chi connectivity index (χ4v) is 4.02. The number of ether oxygens (including phenoxy) is 1. The molecule has 0 unspecified atom stereocenters. The minimum absolute atomic E-state index is 0.759. The van der Waals surface area contributed by atoms with Crippen LogP contribution in [-0.2, 0) is 0 Å². The van der Waals surface area contributed by atoms with Gasteiger partial charge in [-0.3, -0.25) is 0 Å². The number of anilines is 6. The second-order valence-corrected chi connectivity index (χ2v) is 7.24. The lowest BCUT2D eigenvalue weighted by molar-refractivity contribution is 0.414. The van der Waals surface area contributed by atoms with Gasteiger partial charge in [0.2, 0.25) is 0 Å². The molecule has 0 atom stereocenters. The molecule has 0 bridgehead atoms. The largest absolute Gasteiger partial charge is 0.496 e. The molecular formula is C22H23N5O. The highest BCUT2D eigenvalue weighted by Gasteiger charge is 2.29. The molecule has 5 rings (SSSR count). The summed E-state index contributed by atoms with van der Waals surface area (Å²) in [7, 11) is 5.91. The number of nitrogens with zero attached hydrogens (tertiary/aromatic N) is 5. The molecule has 2 aliphatic heterocycles. The minimum atomic E-state index is 0.759. The fraction of sp³-hybridized carbons (Fsp3) is 0.227. The van der Waals surface area contributed by atoms with Gasteiger partial charge in [-0.1, -0.05) is 24.3 Å². The second-order valence-electron chi connectivity index (χ2n) is 7.24. The molecule has 142 valence electrons. The van der Waals surface area contributed by atoms with Gasteiger partial charge in [0.25, 0.3) is 0 Å². The van der Waals surface area contributed by atoms with E-state index in [0.717, 1.165) is 42.1 Å². The third kappa shape index (κ3) is 2.52. The van der Waals surface area contributed by atoms with Crippen LogP contribution in [0.2, 0.25) is 0 Å². The van der Waals surface area contributed by atoms with Crippen molar-refractivity contribution in [2.45, 2.75) is 0 Å². The predicted molar refractivity (Wildman–Crippen MR) is 114 cm³/mol. The van der Waals surface area contributed by atoms with E-state index in [-0.39, 0.29) is 0 Å². The van der Waals surface area contributed by atoms with Crippen LogP contribution >= 0.6 is 0 Å². The van der Waals surface area contributed by atoms with E-state index in [0.29, 0.717) is 0 Å². The van der Waals surface area contributed by atoms with Gasteiger partial charge in [-0.2, -0.15) is 0 Å². The minimum Gasteiger partial charge on any atom is -0.496 e. The maximum absolute atomic E-state index is 5.62. The van der Waals surface area contributed by atoms with Crippen molar-refractivity contribution in [3.05, 3.63) is 60.7 Å². The summed E-state index contributed by atoms with van der Waals surface area (Å²) >= 11 is 0. The van der Waals surface area contributed by atoms with Crippen molar-refractivity contribution in [3.63, 3.8) is 0 Å². The van der Waals surface area contributed by atoms with Crippen LogP contribution in [0, 0.1) is 0 Å². The highest BCUT2D eigenvalue weighted by atomic mass is 16.5. The molecule has 28 heavy (non-hydrogen) atoms. The Morgan fingerprint density at radius 2 is 1.14 bits per heavy atom. The van der Waals surface area contributed by atoms with Crippen LogP contribution in [0.25, 0.3) is 0 Å². The first-order valence-corrected chi connectivity index (χ1v) is 9.37. The number of hydrogen-bond donors (Lipinski definition) is 0. The van der Waals surface area contributed by atoms with Crippen LogP contribution in [-0.4, -0.2) is 39.5 Å². The smallest absolute Gasteiger partial charge is 0.140 e. The Balaban J connectivity index is 1.60. The SMILES string of the molecule is COc1cc(N2CN(C)c3ccccc32)nc(N2CN(C)c3ccccc32)c1. The van der Waals surface area contributed by atoms with Crippen LogP contribution in [0.1, 0.15) is 0 Å². The summed E-state index contributed by atoms with van der Waals surface area (Å²) < 4.78 is 5.62. The Kier molecular flexibility index (Phi) is 3.79. The summed E-state index contributed by atoms with van der Waals surface area (Å²) in [6, 6.07) is 20.8. The molecule has 0 aliphatic carbocycles. The van der Waals surface area contributed by atoms with Crippen LogP contribution in [0.4, 0.5) is 34.4 Å². The van der Waals surface area contributed by atoms with E-state index in [1.165, 1.54) is 11.4 Å². The van der Waals surface area contributed by atoms with Crippen LogP contribution in [0.5, 0.6) is 5.75 Å². The summed E-state index contributed by atoms with van der Waals surface area (Å²) in [4.78, 5) is 14.0. The van der Waals surface area contributed by atoms with Crippen LogP contribution < -0.4 is 24.3 Å². The molecular weight excluding hydrogens is 350 g/mol. The van der Waals surface area contributed by atoms with Gasteiger partial charge in [0.15, 0.2) is 0 Å². The Hall–Kier alpha value is -3.41. The van der Waals surface area contributed by atoms with Gasteiger partial charge in [-0.25, -0.2) is 4.98 Å². The molecule has 2 aliphatic rings. The molecule has 3 aromatic rings. The lowest BCUT2D eigenvalue weighted by Crippen LogP contribution is -2.27. The number of pyridine rings is 1. The maximum Gasteiger partial charge on any atom is 0.140 e. The summed E-state index contributed by atoms with van der Waals surface area (Å²) in [6.45, 7) is 1.52. The first-order chi connectivity index (χ1) is 13.7. The number of rotatable bonds is 3. The van der Waals surface area contributed by atoms with Crippen LogP contribution in [0.3, 0.4) is 0 Å². The van der Waals surface area contributed by atoms with E-state index in [9.17, 15) is 0 Å². The third-order valence-corrected chi connectivity index (χ3v) is 5.44. The molecule has 0 saturated carbocycles. The van der Waals surface area contributed by atoms with E-state index >= 15 is 0 Å². The molecule has 0 N–H and O–H groups in total. The summed E-state index contributed by atoms with van der Waals surface area (Å²) in [5.41, 5.74) is 4.74. The topological polar surface area (TPSA) is 35.1 Å². The molecule has 0 radical (unpaired) electrons. The lowest BCUT2D eigenvalue weighted by atomic mass is 10.2. The standard InChI is InChI=1S/C22H23N5O/c1-24-14-26(19-10-6-4-8-17(19)24)21-12-16(28-3)13-22(23-21)27-15-25(2)18-9-5-7-11-20(18)27/h4-13H,14-15H2,1-3H3. The van der Waals surface area contributed by atoms with Crippen molar-refractivity contribution in [3.8, 4) is 5.75 Å². The van der Waals surface area contributed by atoms with Crippen molar-refractivity contribution in [1.29, 1.82) is 0 Å². The van der Waals surface area contributed by atoms with Gasteiger partial charge in [-0.05, 0) is 24.3 Å². The van der Waals surface area contributed by atoms with E-state index < -0.39 is 0 Å². The molecule has 6 nitrogen and oxygen atoms in total. The van der Waals surface area contributed by atoms with E-state index in [1.807, 2.05) is 12.1 Å². The number of benzene rings is 2. The number of fused-ring (bicyclic) bond motifs is 2. The van der Waals surface area contributed by atoms with Gasteiger partial charge in [-0.15, -0.1) is 0 Å². The van der Waals surface area contributed by atoms with Crippen molar-refractivity contribution in [2.24, 2.45) is 0 Å². The Morgan fingerprint density at radius 1 is 0.714 bits per heavy atom. The normalized spacial score (nSPS) is 15.1. The van der Waals surface area contributed by atoms with E-state index in [4.69, 9.17) is 9.72 Å². The van der Waals surface area contributed by atoms with Crippen molar-refractivity contribution < 1.29 is 4.74 Å². The fourth-order valence-electron chi connectivity index (χ4n) is 4.02. The van der Waals surface area contributed by atoms with Crippen molar-refractivity contribution >= 4 is 34.4 Å². The molecule has 0 amide bonds. The number of aromatic nitrogens is 1. The molecule has 1 aromatic heterocycles. The maximum atomic E-state index is 5.62. The highest BCUT2D eigenvalue weighted by Crippen LogP contribution is 2.43. The zero-order valence-electron chi connectivity index (χ0n) is 16.3. The first kappa shape index (κ1) is 16.7. The summed E-state index contributed by atoms with van der Waals surface area (Å²) in [6.07, 6.45) is 0. The molecule has 3 heterocycles. The number of para-hydroxylation sites is 4. The second kappa shape index (κ2) is 6.34. The monoisotopic (exact) mass is 373 g/mol. The Labute approximate surface area is 165 Å². The quantitative estimate of drug-likeness (QED) is 0.685. The Morgan fingerprint density at radius 3 is 1.57 bits per heavy atom. The van der Waals surface area contributed by atoms with Crippen molar-refractivity contribution in [2.75, 3.05) is 54.1 Å². The summed E-state index contributed by atoms with van der Waals surface area (Å²) in [5.74, 6) is 2.58. The molecule has 2 aromatic carbocycles. The highest BCUT2D eigenvalue weighted by molar-refractivity contribution is 5.84. The number of hydrogen-bond acceptors (Lipinski definition) is 6. The van der Waals surface area contributed by atoms with Gasteiger partial charge in [0.1, 0.15) is 17.4 Å². The predicted octanol–water partition coefficient (Wildman–Crippen LogP) is 4.18. The summed E-state index contributed by atoms with van der Waals surface area (Å²) in [5, 5.41) is 0. The van der Waals surface area contributed by atoms with Gasteiger partial charge >= 0.3 is 0 Å². The average molecular weight is 373 g/mol. The van der Waals surface area contributed by atoms with Gasteiger partial charge in [0, 0.05) is 26.2 Å². The zero-order chi connectivity index (χ0) is 19.3. The van der Waals surface area contributed by atoms with Gasteiger partial charge < -0.3 is 24.3 Å². The molecule has 0 spiro atoms. The zero-order valence-corrected chi connectivity index (χ0v) is 16.3. The van der Waals surface area contributed by atoms with E-state index in [1.54, 1.807) is 7.11 Å². The molecule has 0 fully saturated rings. The Bertz CT molecular complexity index is 959. The first-order valence-electron chi connectivity index (χ1n) is 9.37. The van der Waals surface area contributed by atoms with Crippen molar-refractivity contribution in [1.82, 2.24) is 4.98 Å².